The van der Waals surface area contributed by atoms with Crippen LogP contribution in [0, 0.1) is 17.7 Å². The van der Waals surface area contributed by atoms with Gasteiger partial charge in [-0.25, -0.2) is 4.39 Å². The molecule has 1 heterocycles. The maximum absolute atomic E-state index is 13.9. The average Bonchev–Trinajstić information content (AvgIpc) is 3.49. The Morgan fingerprint density at radius 2 is 1.79 bits per heavy atom. The molecule has 3 rings (SSSR count). The van der Waals surface area contributed by atoms with Crippen LogP contribution in [0.1, 0.15) is 49.9 Å². The molecule has 2 aliphatic rings. The van der Waals surface area contributed by atoms with Crippen molar-refractivity contribution in [2.45, 2.75) is 51.6 Å². The molecule has 5 nitrogen and oxygen atoms in total. The van der Waals surface area contributed by atoms with Crippen LogP contribution in [0.15, 0.2) is 24.3 Å². The number of rotatable bonds is 7. The van der Waals surface area contributed by atoms with Crippen LogP contribution in [0.3, 0.4) is 0 Å². The number of nitrogens with one attached hydrogen (secondary N) is 2. The summed E-state index contributed by atoms with van der Waals surface area (Å²) < 4.78 is 13.9. The fourth-order valence-corrected chi connectivity index (χ4v) is 3.53. The highest BCUT2D eigenvalue weighted by molar-refractivity contribution is 5.97. The highest BCUT2D eigenvalue weighted by Crippen LogP contribution is 2.28. The Hall–Kier alpha value is -1.66. The summed E-state index contributed by atoms with van der Waals surface area (Å²) >= 11 is 0. The van der Waals surface area contributed by atoms with Gasteiger partial charge in [-0.15, -0.1) is 12.4 Å². The molecule has 1 aliphatic carbocycles. The van der Waals surface area contributed by atoms with Crippen LogP contribution >= 0.6 is 12.4 Å². The van der Waals surface area contributed by atoms with E-state index in [1.165, 1.54) is 25.0 Å². The minimum atomic E-state index is -0.645. The maximum Gasteiger partial charge on any atom is 0.254 e. The lowest BCUT2D eigenvalue weighted by atomic mass is 9.99. The van der Waals surface area contributed by atoms with E-state index < -0.39 is 17.8 Å². The third kappa shape index (κ3) is 5.92. The normalized spacial score (nSPS) is 18.5. The second-order valence-corrected chi connectivity index (χ2v) is 8.13. The van der Waals surface area contributed by atoms with E-state index in [0.717, 1.165) is 25.3 Å². The van der Waals surface area contributed by atoms with Crippen LogP contribution in [0.5, 0.6) is 0 Å². The van der Waals surface area contributed by atoms with Gasteiger partial charge >= 0.3 is 0 Å². The topological polar surface area (TPSA) is 61.4 Å². The summed E-state index contributed by atoms with van der Waals surface area (Å²) in [7, 11) is 0. The number of hydrogen-bond donors (Lipinski definition) is 2. The first-order chi connectivity index (χ1) is 13.0. The molecule has 0 bridgehead atoms. The maximum atomic E-state index is 13.9. The summed E-state index contributed by atoms with van der Waals surface area (Å²) in [6.45, 7) is 6.27. The SMILES string of the molecule is CC(C)C(NC(=O)c1ccccc1F)C(=O)N1CCC(NCC2CC2)CC1.Cl. The number of carbonyl (C=O) groups excluding carboxylic acids is 2. The van der Waals surface area contributed by atoms with Gasteiger partial charge in [0.2, 0.25) is 5.91 Å². The average molecular weight is 412 g/mol. The number of halogens is 2. The van der Waals surface area contributed by atoms with Crippen LogP contribution in [0.2, 0.25) is 0 Å². The van der Waals surface area contributed by atoms with E-state index >= 15 is 0 Å². The van der Waals surface area contributed by atoms with E-state index in [9.17, 15) is 14.0 Å². The van der Waals surface area contributed by atoms with Crippen molar-refractivity contribution >= 4 is 24.2 Å². The van der Waals surface area contributed by atoms with E-state index in [0.29, 0.717) is 19.1 Å². The minimum Gasteiger partial charge on any atom is -0.341 e. The molecule has 0 aromatic heterocycles. The molecule has 2 amide bonds. The van der Waals surface area contributed by atoms with Gasteiger partial charge in [0.15, 0.2) is 0 Å². The summed E-state index contributed by atoms with van der Waals surface area (Å²) in [4.78, 5) is 27.2. The standard InChI is InChI=1S/C21H30FN3O2.ClH/c1-14(2)19(24-20(26)17-5-3-4-6-18(17)22)21(27)25-11-9-16(10-12-25)23-13-15-7-8-15;/h3-6,14-16,19,23H,7-13H2,1-2H3,(H,24,26);1H. The molecule has 0 spiro atoms. The molecule has 1 unspecified atom stereocenters. The van der Waals surface area contributed by atoms with Gasteiger partial charge in [-0.05, 0) is 56.2 Å². The number of likely N-dealkylation sites (tertiary alicyclic amines) is 1. The number of nitrogens with zero attached hydrogens (tertiary/aromatic N) is 1. The first-order valence-corrected chi connectivity index (χ1v) is 10.0. The quantitative estimate of drug-likeness (QED) is 0.725. The molecule has 2 N–H and O–H groups in total. The predicted molar refractivity (Wildman–Crippen MR) is 110 cm³/mol. The minimum absolute atomic E-state index is 0. The van der Waals surface area contributed by atoms with Gasteiger partial charge in [0, 0.05) is 19.1 Å². The lowest BCUT2D eigenvalue weighted by Crippen LogP contribution is -2.54. The summed E-state index contributed by atoms with van der Waals surface area (Å²) in [6, 6.07) is 5.67. The first-order valence-electron chi connectivity index (χ1n) is 10.0. The zero-order valence-corrected chi connectivity index (χ0v) is 17.4. The summed E-state index contributed by atoms with van der Waals surface area (Å²) in [5.41, 5.74) is -0.0288. The Morgan fingerprint density at radius 3 is 2.36 bits per heavy atom. The van der Waals surface area contributed by atoms with Crippen LogP contribution in [0.25, 0.3) is 0 Å². The molecule has 2 fully saturated rings. The molecule has 1 aromatic rings. The van der Waals surface area contributed by atoms with Crippen molar-refractivity contribution < 1.29 is 14.0 Å². The number of hydrogen-bond acceptors (Lipinski definition) is 3. The second kappa shape index (κ2) is 10.2. The van der Waals surface area contributed by atoms with Crippen LogP contribution in [0.4, 0.5) is 4.39 Å². The summed E-state index contributed by atoms with van der Waals surface area (Å²) in [5, 5.41) is 6.35. The number of benzene rings is 1. The Kier molecular flexibility index (Phi) is 8.25. The van der Waals surface area contributed by atoms with Crippen molar-refractivity contribution in [3.63, 3.8) is 0 Å². The van der Waals surface area contributed by atoms with Gasteiger partial charge < -0.3 is 15.5 Å². The molecule has 156 valence electrons. The van der Waals surface area contributed by atoms with E-state index in [1.807, 2.05) is 18.7 Å². The third-order valence-electron chi connectivity index (χ3n) is 5.54. The molecule has 1 aromatic carbocycles. The van der Waals surface area contributed by atoms with Gasteiger partial charge in [0.05, 0.1) is 5.56 Å². The lowest BCUT2D eigenvalue weighted by Gasteiger charge is -2.35. The molecule has 28 heavy (non-hydrogen) atoms. The van der Waals surface area contributed by atoms with Crippen molar-refractivity contribution in [3.8, 4) is 0 Å². The predicted octanol–water partition coefficient (Wildman–Crippen LogP) is 2.99. The zero-order chi connectivity index (χ0) is 19.4. The van der Waals surface area contributed by atoms with Crippen molar-refractivity contribution in [3.05, 3.63) is 35.6 Å². The molecule has 0 radical (unpaired) electrons. The van der Waals surface area contributed by atoms with E-state index in [1.54, 1.807) is 12.1 Å². The van der Waals surface area contributed by atoms with Gasteiger partial charge in [0.1, 0.15) is 11.9 Å². The zero-order valence-electron chi connectivity index (χ0n) is 16.6. The van der Waals surface area contributed by atoms with E-state index in [-0.39, 0.29) is 29.8 Å². The highest BCUT2D eigenvalue weighted by atomic mass is 35.5. The molecule has 1 aliphatic heterocycles. The van der Waals surface area contributed by atoms with Crippen molar-refractivity contribution in [1.29, 1.82) is 0 Å². The molecule has 7 heteroatoms. The smallest absolute Gasteiger partial charge is 0.254 e. The monoisotopic (exact) mass is 411 g/mol. The van der Waals surface area contributed by atoms with Crippen molar-refractivity contribution in [2.24, 2.45) is 11.8 Å². The number of amides is 2. The van der Waals surface area contributed by atoms with Crippen molar-refractivity contribution in [1.82, 2.24) is 15.5 Å². The number of carbonyl (C=O) groups is 2. The Bertz CT molecular complexity index is 673. The summed E-state index contributed by atoms with van der Waals surface area (Å²) in [5.74, 6) is -0.411. The Balaban J connectivity index is 0.00000280. The summed E-state index contributed by atoms with van der Waals surface area (Å²) in [6.07, 6.45) is 4.54. The van der Waals surface area contributed by atoms with E-state index in [4.69, 9.17) is 0 Å². The van der Waals surface area contributed by atoms with Crippen LogP contribution < -0.4 is 10.6 Å². The lowest BCUT2D eigenvalue weighted by molar-refractivity contribution is -0.135. The fraction of sp³-hybridized carbons (Fsp3) is 0.619. The van der Waals surface area contributed by atoms with Crippen LogP contribution in [-0.2, 0) is 4.79 Å². The number of piperidine rings is 1. The van der Waals surface area contributed by atoms with Gasteiger partial charge in [-0.1, -0.05) is 26.0 Å². The third-order valence-corrected chi connectivity index (χ3v) is 5.54. The van der Waals surface area contributed by atoms with E-state index in [2.05, 4.69) is 10.6 Å². The van der Waals surface area contributed by atoms with Gasteiger partial charge in [-0.3, -0.25) is 9.59 Å². The molecular weight excluding hydrogens is 381 g/mol. The Morgan fingerprint density at radius 1 is 1.14 bits per heavy atom. The highest BCUT2D eigenvalue weighted by Gasteiger charge is 2.32. The van der Waals surface area contributed by atoms with Crippen LogP contribution in [-0.4, -0.2) is 48.4 Å². The molecule has 1 saturated heterocycles. The fourth-order valence-electron chi connectivity index (χ4n) is 3.53. The molecular formula is C21H31ClFN3O2. The first kappa shape index (κ1) is 22.6. The van der Waals surface area contributed by atoms with Crippen molar-refractivity contribution in [2.75, 3.05) is 19.6 Å². The second-order valence-electron chi connectivity index (χ2n) is 8.13. The largest absolute Gasteiger partial charge is 0.341 e. The van der Waals surface area contributed by atoms with Gasteiger partial charge in [-0.2, -0.15) is 0 Å². The van der Waals surface area contributed by atoms with Gasteiger partial charge in [0.25, 0.3) is 5.91 Å². The molecule has 1 atom stereocenters. The Labute approximate surface area is 172 Å². The molecule has 1 saturated carbocycles.